The highest BCUT2D eigenvalue weighted by atomic mass is 16.3. The number of hydrogen-bond donors (Lipinski definition) is 2. The number of pyridine rings is 1. The van der Waals surface area contributed by atoms with E-state index in [0.29, 0.717) is 0 Å². The number of aliphatic hydroxyl groups is 2. The second-order valence-corrected chi connectivity index (χ2v) is 3.31. The van der Waals surface area contributed by atoms with Gasteiger partial charge in [-0.05, 0) is 24.1 Å². The lowest BCUT2D eigenvalue weighted by Gasteiger charge is -2.16. The average Bonchev–Trinajstić information content (AvgIpc) is 2.38. The summed E-state index contributed by atoms with van der Waals surface area (Å²) in [6.45, 7) is 0.0899. The Balaban J connectivity index is 2.70. The maximum atomic E-state index is 9.75. The highest BCUT2D eigenvalue weighted by molar-refractivity contribution is 5.23. The number of aliphatic hydroxyl groups excluding tert-OH is 2. The van der Waals surface area contributed by atoms with E-state index in [1.165, 1.54) is 12.1 Å². The van der Waals surface area contributed by atoms with Gasteiger partial charge in [0.1, 0.15) is 17.9 Å². The Labute approximate surface area is 97.6 Å². The number of aromatic nitrogens is 1. The zero-order chi connectivity index (χ0) is 12.7. The lowest BCUT2D eigenvalue weighted by atomic mass is 10.1. The fourth-order valence-electron chi connectivity index (χ4n) is 1.27. The summed E-state index contributed by atoms with van der Waals surface area (Å²) in [6.07, 6.45) is -2.15. The van der Waals surface area contributed by atoms with Crippen LogP contribution in [0.3, 0.4) is 0 Å². The van der Waals surface area contributed by atoms with E-state index in [1.54, 1.807) is 6.07 Å². The molecule has 2 N–H and O–H groups in total. The van der Waals surface area contributed by atoms with E-state index in [0.717, 1.165) is 0 Å². The van der Waals surface area contributed by atoms with Crippen LogP contribution in [-0.2, 0) is 0 Å². The molecule has 0 aliphatic heterocycles. The van der Waals surface area contributed by atoms with Gasteiger partial charge in [-0.2, -0.15) is 5.26 Å². The lowest BCUT2D eigenvalue weighted by Crippen LogP contribution is -2.20. The highest BCUT2D eigenvalue weighted by Crippen LogP contribution is 2.17. The van der Waals surface area contributed by atoms with Crippen molar-refractivity contribution in [3.8, 4) is 6.07 Å². The molecule has 0 spiro atoms. The van der Waals surface area contributed by atoms with Crippen molar-refractivity contribution in [2.45, 2.75) is 18.6 Å². The number of azide groups is 1. The van der Waals surface area contributed by atoms with E-state index in [1.807, 2.05) is 6.07 Å². The van der Waals surface area contributed by atoms with E-state index in [2.05, 4.69) is 15.0 Å². The summed E-state index contributed by atoms with van der Waals surface area (Å²) < 4.78 is 0. The van der Waals surface area contributed by atoms with Crippen LogP contribution in [0.1, 0.15) is 23.9 Å². The Hall–Kier alpha value is -2.13. The molecule has 2 unspecified atom stereocenters. The average molecular weight is 233 g/mol. The SMILES string of the molecule is N#Cc1cccc(C(O)C(O)CCN=[N+]=[N-])n1. The van der Waals surface area contributed by atoms with E-state index in [9.17, 15) is 10.2 Å². The Kier molecular flexibility index (Phi) is 4.91. The van der Waals surface area contributed by atoms with Crippen LogP contribution in [0.15, 0.2) is 23.3 Å². The Morgan fingerprint density at radius 3 is 2.94 bits per heavy atom. The third-order valence-electron chi connectivity index (χ3n) is 2.14. The van der Waals surface area contributed by atoms with Gasteiger partial charge in [-0.3, -0.25) is 0 Å². The van der Waals surface area contributed by atoms with Gasteiger partial charge in [-0.1, -0.05) is 11.2 Å². The van der Waals surface area contributed by atoms with Crippen molar-refractivity contribution in [3.63, 3.8) is 0 Å². The van der Waals surface area contributed by atoms with Crippen LogP contribution >= 0.6 is 0 Å². The maximum absolute atomic E-state index is 9.75. The molecule has 2 atom stereocenters. The van der Waals surface area contributed by atoms with Gasteiger partial charge >= 0.3 is 0 Å². The van der Waals surface area contributed by atoms with Gasteiger partial charge in [0.05, 0.1) is 11.8 Å². The zero-order valence-electron chi connectivity index (χ0n) is 8.93. The fourth-order valence-corrected chi connectivity index (χ4v) is 1.27. The molecular formula is C10H11N5O2. The van der Waals surface area contributed by atoms with Gasteiger partial charge in [-0.25, -0.2) is 4.98 Å². The molecule has 0 amide bonds. The van der Waals surface area contributed by atoms with Gasteiger partial charge < -0.3 is 10.2 Å². The number of rotatable bonds is 5. The summed E-state index contributed by atoms with van der Waals surface area (Å²) >= 11 is 0. The van der Waals surface area contributed by atoms with Crippen LogP contribution < -0.4 is 0 Å². The summed E-state index contributed by atoms with van der Waals surface area (Å²) in [5.41, 5.74) is 8.46. The molecule has 0 aliphatic carbocycles. The Morgan fingerprint density at radius 2 is 2.29 bits per heavy atom. The van der Waals surface area contributed by atoms with Crippen LogP contribution in [0.2, 0.25) is 0 Å². The molecule has 0 aliphatic rings. The first-order chi connectivity index (χ1) is 8.19. The smallest absolute Gasteiger partial charge is 0.140 e. The van der Waals surface area contributed by atoms with Gasteiger partial charge in [0.15, 0.2) is 0 Å². The zero-order valence-corrected chi connectivity index (χ0v) is 8.93. The third kappa shape index (κ3) is 3.74. The van der Waals surface area contributed by atoms with E-state index in [-0.39, 0.29) is 24.4 Å². The van der Waals surface area contributed by atoms with Crippen molar-refractivity contribution < 1.29 is 10.2 Å². The number of nitrogens with zero attached hydrogens (tertiary/aromatic N) is 5. The largest absolute Gasteiger partial charge is 0.390 e. The molecule has 0 bridgehead atoms. The summed E-state index contributed by atoms with van der Waals surface area (Å²) in [7, 11) is 0. The van der Waals surface area contributed by atoms with Gasteiger partial charge in [0.25, 0.3) is 0 Å². The fraction of sp³-hybridized carbons (Fsp3) is 0.400. The molecule has 0 aromatic carbocycles. The second kappa shape index (κ2) is 6.45. The van der Waals surface area contributed by atoms with Crippen LogP contribution in [0.5, 0.6) is 0 Å². The van der Waals surface area contributed by atoms with Crippen molar-refractivity contribution in [1.82, 2.24) is 4.98 Å². The van der Waals surface area contributed by atoms with Gasteiger partial charge in [0.2, 0.25) is 0 Å². The molecule has 1 aromatic rings. The maximum Gasteiger partial charge on any atom is 0.140 e. The molecule has 0 radical (unpaired) electrons. The van der Waals surface area contributed by atoms with E-state index in [4.69, 9.17) is 10.8 Å². The minimum atomic E-state index is -1.20. The summed E-state index contributed by atoms with van der Waals surface area (Å²) in [6, 6.07) is 6.44. The Bertz CT molecular complexity index is 464. The first-order valence-corrected chi connectivity index (χ1v) is 4.93. The summed E-state index contributed by atoms with van der Waals surface area (Å²) in [5, 5.41) is 31.3. The van der Waals surface area contributed by atoms with E-state index < -0.39 is 12.2 Å². The summed E-state index contributed by atoms with van der Waals surface area (Å²) in [5.74, 6) is 0. The minimum absolute atomic E-state index is 0.0899. The molecule has 1 heterocycles. The highest BCUT2D eigenvalue weighted by Gasteiger charge is 2.19. The van der Waals surface area contributed by atoms with Crippen LogP contribution in [0.4, 0.5) is 0 Å². The van der Waals surface area contributed by atoms with Crippen molar-refractivity contribution in [3.05, 3.63) is 40.0 Å². The van der Waals surface area contributed by atoms with Gasteiger partial charge in [-0.15, -0.1) is 0 Å². The van der Waals surface area contributed by atoms with Crippen LogP contribution in [0.25, 0.3) is 10.4 Å². The van der Waals surface area contributed by atoms with Gasteiger partial charge in [0, 0.05) is 11.5 Å². The normalized spacial score (nSPS) is 13.2. The van der Waals surface area contributed by atoms with Crippen molar-refractivity contribution in [2.24, 2.45) is 5.11 Å². The van der Waals surface area contributed by atoms with E-state index >= 15 is 0 Å². The molecule has 0 saturated heterocycles. The molecule has 0 saturated carbocycles. The number of nitriles is 1. The molecule has 1 rings (SSSR count). The predicted octanol–water partition coefficient (Wildman–Crippen LogP) is 1.05. The topological polar surface area (TPSA) is 126 Å². The monoisotopic (exact) mass is 233 g/mol. The molecule has 7 nitrogen and oxygen atoms in total. The van der Waals surface area contributed by atoms with Crippen molar-refractivity contribution in [2.75, 3.05) is 6.54 Å². The lowest BCUT2D eigenvalue weighted by molar-refractivity contribution is 0.0125. The van der Waals surface area contributed by atoms with Crippen molar-refractivity contribution in [1.29, 1.82) is 5.26 Å². The molecule has 1 aromatic heterocycles. The third-order valence-corrected chi connectivity index (χ3v) is 2.14. The molecule has 88 valence electrons. The predicted molar refractivity (Wildman–Crippen MR) is 58.5 cm³/mol. The first kappa shape index (κ1) is 12.9. The second-order valence-electron chi connectivity index (χ2n) is 3.31. The summed E-state index contributed by atoms with van der Waals surface area (Å²) in [4.78, 5) is 6.41. The Morgan fingerprint density at radius 1 is 1.53 bits per heavy atom. The molecule has 17 heavy (non-hydrogen) atoms. The number of hydrogen-bond acceptors (Lipinski definition) is 5. The van der Waals surface area contributed by atoms with Crippen LogP contribution in [-0.4, -0.2) is 27.8 Å². The van der Waals surface area contributed by atoms with Crippen molar-refractivity contribution >= 4 is 0 Å². The minimum Gasteiger partial charge on any atom is -0.390 e. The molecular weight excluding hydrogens is 222 g/mol. The quantitative estimate of drug-likeness (QED) is 0.447. The molecule has 0 fully saturated rings. The first-order valence-electron chi connectivity index (χ1n) is 4.93. The molecule has 7 heteroatoms. The standard InChI is InChI=1S/C10H11N5O2/c11-6-7-2-1-3-8(14-7)10(17)9(16)4-5-13-15-12/h1-3,9-10,16-17H,4-5H2. The van der Waals surface area contributed by atoms with Crippen LogP contribution in [0, 0.1) is 11.3 Å².